The quantitative estimate of drug-likeness (QED) is 0.905. The Bertz CT molecular complexity index is 525. The highest BCUT2D eigenvalue weighted by molar-refractivity contribution is 7.89. The normalized spacial score (nSPS) is 20.2. The fourth-order valence-corrected chi connectivity index (χ4v) is 4.04. The molecule has 1 aromatic rings. The van der Waals surface area contributed by atoms with Crippen LogP contribution in [-0.4, -0.2) is 38.6 Å². The van der Waals surface area contributed by atoms with E-state index in [9.17, 15) is 8.42 Å². The maximum atomic E-state index is 12.3. The lowest BCUT2D eigenvalue weighted by Gasteiger charge is -2.25. The monoisotopic (exact) mass is 316 g/mol. The molecular formula is C14H21ClN2O2S. The first-order chi connectivity index (χ1) is 9.47. The van der Waals surface area contributed by atoms with E-state index in [1.807, 2.05) is 12.1 Å². The van der Waals surface area contributed by atoms with Gasteiger partial charge in [-0.15, -0.1) is 0 Å². The summed E-state index contributed by atoms with van der Waals surface area (Å²) in [6.45, 7) is 2.19. The first-order valence-corrected chi connectivity index (χ1v) is 8.85. The Labute approximate surface area is 126 Å². The van der Waals surface area contributed by atoms with Crippen molar-refractivity contribution in [3.63, 3.8) is 0 Å². The SMILES string of the molecule is CN(Cc1ccc(Cl)cc1)S(=O)(=O)CC1CCCNC1. The number of hydrogen-bond donors (Lipinski definition) is 1. The van der Waals surface area contributed by atoms with Crippen molar-refractivity contribution in [1.82, 2.24) is 9.62 Å². The Morgan fingerprint density at radius 3 is 2.65 bits per heavy atom. The van der Waals surface area contributed by atoms with E-state index in [0.717, 1.165) is 31.5 Å². The zero-order chi connectivity index (χ0) is 14.6. The highest BCUT2D eigenvalue weighted by atomic mass is 35.5. The van der Waals surface area contributed by atoms with Gasteiger partial charge in [0.25, 0.3) is 0 Å². The van der Waals surface area contributed by atoms with Gasteiger partial charge in [-0.1, -0.05) is 23.7 Å². The van der Waals surface area contributed by atoms with Gasteiger partial charge < -0.3 is 5.32 Å². The summed E-state index contributed by atoms with van der Waals surface area (Å²) in [7, 11) is -1.57. The molecule has 0 amide bonds. The van der Waals surface area contributed by atoms with Gasteiger partial charge >= 0.3 is 0 Å². The van der Waals surface area contributed by atoms with Crippen molar-refractivity contribution in [2.75, 3.05) is 25.9 Å². The summed E-state index contributed by atoms with van der Waals surface area (Å²) in [6.07, 6.45) is 2.04. The third-order valence-corrected chi connectivity index (χ3v) is 5.86. The molecule has 1 atom stereocenters. The van der Waals surface area contributed by atoms with Gasteiger partial charge in [-0.25, -0.2) is 12.7 Å². The van der Waals surface area contributed by atoms with E-state index in [2.05, 4.69) is 5.32 Å². The third kappa shape index (κ3) is 4.45. The first kappa shape index (κ1) is 15.8. The van der Waals surface area contributed by atoms with Crippen LogP contribution in [0.4, 0.5) is 0 Å². The van der Waals surface area contributed by atoms with Gasteiger partial charge in [-0.2, -0.15) is 0 Å². The summed E-state index contributed by atoms with van der Waals surface area (Å²) in [5, 5.41) is 3.91. The Hall–Kier alpha value is -0.620. The van der Waals surface area contributed by atoms with Crippen LogP contribution in [0.2, 0.25) is 5.02 Å². The molecule has 0 aliphatic carbocycles. The zero-order valence-electron chi connectivity index (χ0n) is 11.7. The highest BCUT2D eigenvalue weighted by Gasteiger charge is 2.24. The second-order valence-electron chi connectivity index (χ2n) is 5.37. The maximum Gasteiger partial charge on any atom is 0.214 e. The van der Waals surface area contributed by atoms with Gasteiger partial charge in [0.1, 0.15) is 0 Å². The van der Waals surface area contributed by atoms with Crippen molar-refractivity contribution < 1.29 is 8.42 Å². The van der Waals surface area contributed by atoms with Gasteiger partial charge in [0.2, 0.25) is 10.0 Å². The van der Waals surface area contributed by atoms with E-state index in [0.29, 0.717) is 11.6 Å². The smallest absolute Gasteiger partial charge is 0.214 e. The van der Waals surface area contributed by atoms with Crippen molar-refractivity contribution in [2.45, 2.75) is 19.4 Å². The minimum Gasteiger partial charge on any atom is -0.316 e. The number of sulfonamides is 1. The number of piperidine rings is 1. The topological polar surface area (TPSA) is 49.4 Å². The van der Waals surface area contributed by atoms with Crippen molar-refractivity contribution in [3.05, 3.63) is 34.9 Å². The Kier molecular flexibility index (Phi) is 5.43. The molecule has 4 nitrogen and oxygen atoms in total. The van der Waals surface area contributed by atoms with Crippen LogP contribution in [0.1, 0.15) is 18.4 Å². The largest absolute Gasteiger partial charge is 0.316 e. The summed E-state index contributed by atoms with van der Waals surface area (Å²) in [5.41, 5.74) is 0.947. The van der Waals surface area contributed by atoms with E-state index in [-0.39, 0.29) is 11.7 Å². The Balaban J connectivity index is 1.95. The van der Waals surface area contributed by atoms with E-state index in [1.165, 1.54) is 4.31 Å². The second kappa shape index (κ2) is 6.89. The van der Waals surface area contributed by atoms with E-state index in [4.69, 9.17) is 11.6 Å². The molecule has 1 N–H and O–H groups in total. The zero-order valence-corrected chi connectivity index (χ0v) is 13.3. The number of halogens is 1. The average molecular weight is 317 g/mol. The van der Waals surface area contributed by atoms with Gasteiger partial charge in [0.15, 0.2) is 0 Å². The van der Waals surface area contributed by atoms with Crippen LogP contribution in [0.3, 0.4) is 0 Å². The van der Waals surface area contributed by atoms with Crippen LogP contribution < -0.4 is 5.32 Å². The lowest BCUT2D eigenvalue weighted by Crippen LogP contribution is -2.38. The van der Waals surface area contributed by atoms with Crippen LogP contribution >= 0.6 is 11.6 Å². The Morgan fingerprint density at radius 1 is 1.35 bits per heavy atom. The van der Waals surface area contributed by atoms with Crippen LogP contribution in [0.25, 0.3) is 0 Å². The van der Waals surface area contributed by atoms with Crippen LogP contribution in [0.15, 0.2) is 24.3 Å². The molecule has 0 saturated carbocycles. The molecule has 112 valence electrons. The molecule has 1 aromatic carbocycles. The predicted octanol–water partition coefficient (Wildman–Crippen LogP) is 2.10. The lowest BCUT2D eigenvalue weighted by atomic mass is 10.0. The molecule has 1 unspecified atom stereocenters. The predicted molar refractivity (Wildman–Crippen MR) is 82.3 cm³/mol. The number of nitrogens with one attached hydrogen (secondary N) is 1. The minimum absolute atomic E-state index is 0.224. The fraction of sp³-hybridized carbons (Fsp3) is 0.571. The first-order valence-electron chi connectivity index (χ1n) is 6.86. The molecule has 0 spiro atoms. The summed E-state index contributed by atoms with van der Waals surface area (Å²) >= 11 is 5.83. The standard InChI is InChI=1S/C14H21ClN2O2S/c1-17(10-12-4-6-14(15)7-5-12)20(18,19)11-13-3-2-8-16-9-13/h4-7,13,16H,2-3,8-11H2,1H3. The third-order valence-electron chi connectivity index (χ3n) is 3.64. The van der Waals surface area contributed by atoms with Gasteiger partial charge in [0, 0.05) is 18.6 Å². The highest BCUT2D eigenvalue weighted by Crippen LogP contribution is 2.17. The molecular weight excluding hydrogens is 296 g/mol. The molecule has 1 heterocycles. The molecule has 6 heteroatoms. The molecule has 2 rings (SSSR count). The van der Waals surface area contributed by atoms with E-state index < -0.39 is 10.0 Å². The Morgan fingerprint density at radius 2 is 2.05 bits per heavy atom. The van der Waals surface area contributed by atoms with Crippen LogP contribution in [-0.2, 0) is 16.6 Å². The van der Waals surface area contributed by atoms with Crippen LogP contribution in [0, 0.1) is 5.92 Å². The number of nitrogens with zero attached hydrogens (tertiary/aromatic N) is 1. The van der Waals surface area contributed by atoms with Crippen LogP contribution in [0.5, 0.6) is 0 Å². The molecule has 0 bridgehead atoms. The van der Waals surface area contributed by atoms with Gasteiger partial charge in [-0.3, -0.25) is 0 Å². The van der Waals surface area contributed by atoms with Crippen molar-refractivity contribution >= 4 is 21.6 Å². The average Bonchev–Trinajstić information content (AvgIpc) is 2.42. The number of rotatable bonds is 5. The number of benzene rings is 1. The molecule has 1 aliphatic rings. The molecule has 1 saturated heterocycles. The van der Waals surface area contributed by atoms with Gasteiger partial charge in [-0.05, 0) is 49.5 Å². The number of hydrogen-bond acceptors (Lipinski definition) is 3. The van der Waals surface area contributed by atoms with Gasteiger partial charge in [0.05, 0.1) is 5.75 Å². The molecule has 0 radical (unpaired) electrons. The fourth-order valence-electron chi connectivity index (χ4n) is 2.44. The minimum atomic E-state index is -3.21. The summed E-state index contributed by atoms with van der Waals surface area (Å²) in [4.78, 5) is 0. The summed E-state index contributed by atoms with van der Waals surface area (Å²) < 4.78 is 26.1. The maximum absolute atomic E-state index is 12.3. The van der Waals surface area contributed by atoms with Crippen molar-refractivity contribution in [2.24, 2.45) is 5.92 Å². The molecule has 1 fully saturated rings. The summed E-state index contributed by atoms with van der Waals surface area (Å²) in [6, 6.07) is 7.28. The molecule has 1 aliphatic heterocycles. The van der Waals surface area contributed by atoms with E-state index in [1.54, 1.807) is 19.2 Å². The van der Waals surface area contributed by atoms with Crippen molar-refractivity contribution in [3.8, 4) is 0 Å². The summed E-state index contributed by atoms with van der Waals surface area (Å²) in [5.74, 6) is 0.450. The second-order valence-corrected chi connectivity index (χ2v) is 7.93. The van der Waals surface area contributed by atoms with Crippen molar-refractivity contribution in [1.29, 1.82) is 0 Å². The lowest BCUT2D eigenvalue weighted by molar-refractivity contribution is 0.391. The molecule has 0 aromatic heterocycles. The molecule has 20 heavy (non-hydrogen) atoms. The van der Waals surface area contributed by atoms with E-state index >= 15 is 0 Å².